The van der Waals surface area contributed by atoms with Gasteiger partial charge >= 0.3 is 0 Å². The molecule has 0 saturated carbocycles. The predicted molar refractivity (Wildman–Crippen MR) is 99.1 cm³/mol. The summed E-state index contributed by atoms with van der Waals surface area (Å²) in [5.74, 6) is 0.830. The van der Waals surface area contributed by atoms with E-state index in [1.165, 1.54) is 0 Å². The number of rotatable bonds is 5. The van der Waals surface area contributed by atoms with Gasteiger partial charge < -0.3 is 9.47 Å². The summed E-state index contributed by atoms with van der Waals surface area (Å²) < 4.78 is 10.8. The van der Waals surface area contributed by atoms with Crippen LogP contribution >= 0.6 is 0 Å². The third kappa shape index (κ3) is 3.32. The largest absolute Gasteiger partial charge is 0.454 e. The maximum Gasteiger partial charge on any atom is 0.273 e. The van der Waals surface area contributed by atoms with Gasteiger partial charge in [-0.2, -0.15) is 0 Å². The number of carbonyl (C=O) groups is 1. The van der Waals surface area contributed by atoms with Crippen LogP contribution in [0.1, 0.15) is 15.9 Å². The molecule has 1 aliphatic rings. The number of hydrazine groups is 1. The SMILES string of the molecule is O=C(NN(Cc1ccccc1)c1ccccc1)c1cccc2c1OCO2. The molecule has 0 unspecified atom stereocenters. The van der Waals surface area contributed by atoms with Crippen LogP contribution in [0.4, 0.5) is 5.69 Å². The number of para-hydroxylation sites is 2. The molecule has 1 amide bonds. The molecule has 3 aromatic rings. The molecule has 0 saturated heterocycles. The van der Waals surface area contributed by atoms with Crippen molar-refractivity contribution in [1.29, 1.82) is 0 Å². The van der Waals surface area contributed by atoms with E-state index in [1.807, 2.05) is 65.7 Å². The van der Waals surface area contributed by atoms with Crippen LogP contribution in [0.5, 0.6) is 11.5 Å². The fourth-order valence-corrected chi connectivity index (χ4v) is 2.86. The van der Waals surface area contributed by atoms with Crippen LogP contribution in [0.2, 0.25) is 0 Å². The lowest BCUT2D eigenvalue weighted by atomic mass is 10.1. The number of nitrogens with zero attached hydrogens (tertiary/aromatic N) is 1. The molecule has 1 N–H and O–H groups in total. The van der Waals surface area contributed by atoms with Crippen LogP contribution in [0, 0.1) is 0 Å². The summed E-state index contributed by atoms with van der Waals surface area (Å²) in [6, 6.07) is 25.0. The molecule has 0 spiro atoms. The number of anilines is 1. The zero-order chi connectivity index (χ0) is 17.8. The first-order valence-corrected chi connectivity index (χ1v) is 8.37. The van der Waals surface area contributed by atoms with Crippen LogP contribution in [0.15, 0.2) is 78.9 Å². The Kier molecular flexibility index (Phi) is 4.43. The van der Waals surface area contributed by atoms with E-state index < -0.39 is 0 Å². The molecule has 1 heterocycles. The van der Waals surface area contributed by atoms with Crippen molar-refractivity contribution >= 4 is 11.6 Å². The van der Waals surface area contributed by atoms with Crippen LogP contribution < -0.4 is 19.9 Å². The van der Waals surface area contributed by atoms with Gasteiger partial charge in [-0.25, -0.2) is 0 Å². The highest BCUT2D eigenvalue weighted by molar-refractivity contribution is 5.98. The first-order chi connectivity index (χ1) is 12.8. The van der Waals surface area contributed by atoms with Gasteiger partial charge in [-0.1, -0.05) is 54.6 Å². The topological polar surface area (TPSA) is 50.8 Å². The van der Waals surface area contributed by atoms with Crippen molar-refractivity contribution in [2.75, 3.05) is 11.8 Å². The van der Waals surface area contributed by atoms with Gasteiger partial charge in [0.15, 0.2) is 11.5 Å². The van der Waals surface area contributed by atoms with E-state index in [9.17, 15) is 4.79 Å². The summed E-state index contributed by atoms with van der Waals surface area (Å²) in [5.41, 5.74) is 5.43. The number of amides is 1. The Bertz CT molecular complexity index is 898. The Hall–Kier alpha value is -3.47. The van der Waals surface area contributed by atoms with Crippen molar-refractivity contribution in [3.63, 3.8) is 0 Å². The van der Waals surface area contributed by atoms with E-state index in [-0.39, 0.29) is 12.7 Å². The standard InChI is InChI=1S/C21H18N2O3/c24-21(18-12-7-13-19-20(18)26-15-25-19)22-23(17-10-5-2-6-11-17)14-16-8-3-1-4-9-16/h1-13H,14-15H2,(H,22,24). The normalized spacial score (nSPS) is 11.8. The molecule has 4 rings (SSSR count). The molecule has 0 radical (unpaired) electrons. The van der Waals surface area contributed by atoms with Gasteiger partial charge in [-0.05, 0) is 29.8 Å². The van der Waals surface area contributed by atoms with E-state index in [0.717, 1.165) is 11.3 Å². The van der Waals surface area contributed by atoms with E-state index in [2.05, 4.69) is 5.43 Å². The van der Waals surface area contributed by atoms with Crippen LogP contribution in [-0.4, -0.2) is 12.7 Å². The van der Waals surface area contributed by atoms with E-state index in [4.69, 9.17) is 9.47 Å². The van der Waals surface area contributed by atoms with Gasteiger partial charge in [-0.15, -0.1) is 0 Å². The monoisotopic (exact) mass is 346 g/mol. The van der Waals surface area contributed by atoms with Crippen molar-refractivity contribution in [2.24, 2.45) is 0 Å². The minimum Gasteiger partial charge on any atom is -0.454 e. The second-order valence-electron chi connectivity index (χ2n) is 5.89. The number of benzene rings is 3. The van der Waals surface area contributed by atoms with Crippen molar-refractivity contribution < 1.29 is 14.3 Å². The van der Waals surface area contributed by atoms with Gasteiger partial charge in [0, 0.05) is 0 Å². The third-order valence-electron chi connectivity index (χ3n) is 4.13. The maximum absolute atomic E-state index is 12.9. The van der Waals surface area contributed by atoms with Gasteiger partial charge in [0.1, 0.15) is 0 Å². The van der Waals surface area contributed by atoms with Gasteiger partial charge in [-0.3, -0.25) is 15.2 Å². The number of ether oxygens (including phenoxy) is 2. The first kappa shape index (κ1) is 16.0. The minimum absolute atomic E-state index is 0.131. The minimum atomic E-state index is -0.243. The van der Waals surface area contributed by atoms with Crippen LogP contribution in [-0.2, 0) is 6.54 Å². The summed E-state index contributed by atoms with van der Waals surface area (Å²) in [4.78, 5) is 12.9. The molecule has 0 atom stereocenters. The number of carbonyl (C=O) groups excluding carboxylic acids is 1. The second kappa shape index (κ2) is 7.19. The molecule has 0 aromatic heterocycles. The average Bonchev–Trinajstić information content (AvgIpc) is 3.18. The highest BCUT2D eigenvalue weighted by atomic mass is 16.7. The summed E-state index contributed by atoms with van der Waals surface area (Å²) >= 11 is 0. The summed E-state index contributed by atoms with van der Waals surface area (Å²) in [7, 11) is 0. The quantitative estimate of drug-likeness (QED) is 0.715. The smallest absolute Gasteiger partial charge is 0.273 e. The lowest BCUT2D eigenvalue weighted by Gasteiger charge is -2.25. The molecule has 0 aliphatic carbocycles. The predicted octanol–water partition coefficient (Wildman–Crippen LogP) is 3.77. The maximum atomic E-state index is 12.9. The molecule has 5 heteroatoms. The van der Waals surface area contributed by atoms with Crippen molar-refractivity contribution in [3.8, 4) is 11.5 Å². The molecule has 1 aliphatic heterocycles. The first-order valence-electron chi connectivity index (χ1n) is 8.37. The number of fused-ring (bicyclic) bond motifs is 1. The van der Waals surface area contributed by atoms with Gasteiger partial charge in [0.25, 0.3) is 5.91 Å². The summed E-state index contributed by atoms with van der Waals surface area (Å²) in [5, 5.41) is 1.83. The lowest BCUT2D eigenvalue weighted by molar-refractivity contribution is 0.0943. The number of hydrogen-bond donors (Lipinski definition) is 1. The number of hydrogen-bond acceptors (Lipinski definition) is 4. The fourth-order valence-electron chi connectivity index (χ4n) is 2.86. The Balaban J connectivity index is 1.61. The molecule has 0 bridgehead atoms. The number of nitrogens with one attached hydrogen (secondary N) is 1. The fraction of sp³-hybridized carbons (Fsp3) is 0.0952. The summed E-state index contributed by atoms with van der Waals surface area (Å²) in [6.07, 6.45) is 0. The average molecular weight is 346 g/mol. The summed E-state index contributed by atoms with van der Waals surface area (Å²) in [6.45, 7) is 0.676. The van der Waals surface area contributed by atoms with Crippen LogP contribution in [0.25, 0.3) is 0 Å². The second-order valence-corrected chi connectivity index (χ2v) is 5.89. The van der Waals surface area contributed by atoms with Crippen molar-refractivity contribution in [2.45, 2.75) is 6.54 Å². The Morgan fingerprint density at radius 2 is 1.62 bits per heavy atom. The van der Waals surface area contributed by atoms with Crippen molar-refractivity contribution in [3.05, 3.63) is 90.0 Å². The highest BCUT2D eigenvalue weighted by Crippen LogP contribution is 2.35. The van der Waals surface area contributed by atoms with E-state index in [0.29, 0.717) is 23.6 Å². The Morgan fingerprint density at radius 3 is 2.38 bits per heavy atom. The van der Waals surface area contributed by atoms with Crippen LogP contribution in [0.3, 0.4) is 0 Å². The molecular weight excluding hydrogens is 328 g/mol. The Labute approximate surface area is 151 Å². The highest BCUT2D eigenvalue weighted by Gasteiger charge is 2.23. The van der Waals surface area contributed by atoms with E-state index >= 15 is 0 Å². The molecule has 0 fully saturated rings. The van der Waals surface area contributed by atoms with Gasteiger partial charge in [0.2, 0.25) is 6.79 Å². The Morgan fingerprint density at radius 1 is 0.885 bits per heavy atom. The van der Waals surface area contributed by atoms with Gasteiger partial charge in [0.05, 0.1) is 17.8 Å². The van der Waals surface area contributed by atoms with E-state index in [1.54, 1.807) is 18.2 Å². The molecule has 5 nitrogen and oxygen atoms in total. The molecule has 3 aromatic carbocycles. The zero-order valence-corrected chi connectivity index (χ0v) is 14.1. The third-order valence-corrected chi connectivity index (χ3v) is 4.13. The molecule has 26 heavy (non-hydrogen) atoms. The molecular formula is C21H18N2O3. The van der Waals surface area contributed by atoms with Crippen molar-refractivity contribution in [1.82, 2.24) is 5.43 Å². The zero-order valence-electron chi connectivity index (χ0n) is 14.1. The molecule has 130 valence electrons. The lowest BCUT2D eigenvalue weighted by Crippen LogP contribution is -2.42.